The second-order valence-corrected chi connectivity index (χ2v) is 6.86. The van der Waals surface area contributed by atoms with Crippen molar-refractivity contribution in [3.8, 4) is 0 Å². The number of thioether (sulfide) groups is 1. The van der Waals surface area contributed by atoms with Crippen LogP contribution in [0, 0.1) is 17.5 Å². The molecule has 1 unspecified atom stereocenters. The Labute approximate surface area is 156 Å². The van der Waals surface area contributed by atoms with Crippen molar-refractivity contribution < 1.29 is 22.8 Å². The molecule has 138 valence electrons. The SMILES string of the molecule is CC(Sc1ccc(Cl)cn1)C(=O)NCC(=O)Nc1ccc(F)c(F)c1F. The number of benzene rings is 1. The van der Waals surface area contributed by atoms with E-state index in [0.29, 0.717) is 16.1 Å². The topological polar surface area (TPSA) is 71.1 Å². The van der Waals surface area contributed by atoms with Gasteiger partial charge in [0.15, 0.2) is 17.5 Å². The van der Waals surface area contributed by atoms with Crippen molar-refractivity contribution in [2.75, 3.05) is 11.9 Å². The summed E-state index contributed by atoms with van der Waals surface area (Å²) >= 11 is 6.88. The van der Waals surface area contributed by atoms with Crippen molar-refractivity contribution in [2.45, 2.75) is 17.2 Å². The van der Waals surface area contributed by atoms with Crippen molar-refractivity contribution in [1.82, 2.24) is 10.3 Å². The molecule has 0 bridgehead atoms. The predicted molar refractivity (Wildman–Crippen MR) is 92.5 cm³/mol. The van der Waals surface area contributed by atoms with Crippen LogP contribution in [0.5, 0.6) is 0 Å². The van der Waals surface area contributed by atoms with E-state index < -0.39 is 46.7 Å². The minimum absolute atomic E-state index is 0.451. The fourth-order valence-corrected chi connectivity index (χ4v) is 2.72. The summed E-state index contributed by atoms with van der Waals surface area (Å²) in [4.78, 5) is 27.8. The Morgan fingerprint density at radius 1 is 1.19 bits per heavy atom. The Morgan fingerprint density at radius 2 is 1.92 bits per heavy atom. The normalized spacial score (nSPS) is 11.7. The molecule has 1 aromatic carbocycles. The number of pyridine rings is 1. The Kier molecular flexibility index (Phi) is 6.87. The van der Waals surface area contributed by atoms with Crippen molar-refractivity contribution >= 4 is 40.9 Å². The number of rotatable bonds is 6. The highest BCUT2D eigenvalue weighted by atomic mass is 35.5. The zero-order valence-corrected chi connectivity index (χ0v) is 14.9. The summed E-state index contributed by atoms with van der Waals surface area (Å²) in [6.07, 6.45) is 1.44. The van der Waals surface area contributed by atoms with Crippen molar-refractivity contribution in [3.05, 3.63) is 52.9 Å². The van der Waals surface area contributed by atoms with Gasteiger partial charge in [-0.2, -0.15) is 0 Å². The molecular weight excluding hydrogens is 391 g/mol. The highest BCUT2D eigenvalue weighted by molar-refractivity contribution is 8.00. The molecule has 2 amide bonds. The molecule has 2 rings (SSSR count). The molecule has 0 aliphatic carbocycles. The first-order valence-corrected chi connectivity index (χ1v) is 8.53. The standard InChI is InChI=1S/C16H13ClF3N3O2S/c1-8(26-13-5-2-9(17)6-21-13)16(25)22-7-12(24)23-11-4-3-10(18)14(19)15(11)20/h2-6,8H,7H2,1H3,(H,22,25)(H,23,24). The predicted octanol–water partition coefficient (Wildman–Crippen LogP) is 3.39. The van der Waals surface area contributed by atoms with Crippen LogP contribution in [0.2, 0.25) is 5.02 Å². The molecule has 1 heterocycles. The van der Waals surface area contributed by atoms with E-state index in [-0.39, 0.29) is 0 Å². The molecule has 0 aliphatic heterocycles. The van der Waals surface area contributed by atoms with Gasteiger partial charge < -0.3 is 10.6 Å². The van der Waals surface area contributed by atoms with Gasteiger partial charge in [-0.15, -0.1) is 0 Å². The smallest absolute Gasteiger partial charge is 0.243 e. The first-order chi connectivity index (χ1) is 12.3. The van der Waals surface area contributed by atoms with Crippen LogP contribution in [-0.4, -0.2) is 28.6 Å². The number of nitrogens with zero attached hydrogens (tertiary/aromatic N) is 1. The first-order valence-electron chi connectivity index (χ1n) is 7.27. The van der Waals surface area contributed by atoms with Crippen LogP contribution in [0.3, 0.4) is 0 Å². The Balaban J connectivity index is 1.85. The van der Waals surface area contributed by atoms with E-state index >= 15 is 0 Å². The molecule has 1 atom stereocenters. The maximum Gasteiger partial charge on any atom is 0.243 e. The largest absolute Gasteiger partial charge is 0.346 e. The van der Waals surface area contributed by atoms with Crippen LogP contribution in [0.25, 0.3) is 0 Å². The zero-order chi connectivity index (χ0) is 19.3. The molecule has 1 aromatic heterocycles. The van der Waals surface area contributed by atoms with E-state index in [0.717, 1.165) is 17.8 Å². The average Bonchev–Trinajstić information content (AvgIpc) is 2.62. The number of carbonyl (C=O) groups is 2. The van der Waals surface area contributed by atoms with Gasteiger partial charge in [-0.05, 0) is 31.2 Å². The van der Waals surface area contributed by atoms with Crippen molar-refractivity contribution in [1.29, 1.82) is 0 Å². The fourth-order valence-electron chi connectivity index (χ4n) is 1.79. The Bertz CT molecular complexity index is 821. The van der Waals surface area contributed by atoms with Gasteiger partial charge in [-0.25, -0.2) is 18.2 Å². The molecule has 0 fully saturated rings. The number of anilines is 1. The van der Waals surface area contributed by atoms with Crippen LogP contribution in [0.4, 0.5) is 18.9 Å². The van der Waals surface area contributed by atoms with Crippen LogP contribution < -0.4 is 10.6 Å². The quantitative estimate of drug-likeness (QED) is 0.573. The third-order valence-electron chi connectivity index (χ3n) is 3.10. The molecule has 5 nitrogen and oxygen atoms in total. The molecule has 0 saturated heterocycles. The third kappa shape index (κ3) is 5.37. The van der Waals surface area contributed by atoms with Gasteiger partial charge in [-0.1, -0.05) is 23.4 Å². The first kappa shape index (κ1) is 20.1. The number of hydrogen-bond donors (Lipinski definition) is 2. The highest BCUT2D eigenvalue weighted by Gasteiger charge is 2.18. The van der Waals surface area contributed by atoms with Gasteiger partial charge in [0.25, 0.3) is 0 Å². The maximum atomic E-state index is 13.5. The number of halogens is 4. The lowest BCUT2D eigenvalue weighted by Crippen LogP contribution is -2.37. The van der Waals surface area contributed by atoms with Gasteiger partial charge in [0.2, 0.25) is 11.8 Å². The highest BCUT2D eigenvalue weighted by Crippen LogP contribution is 2.22. The summed E-state index contributed by atoms with van der Waals surface area (Å²) in [5.41, 5.74) is -0.518. The van der Waals surface area contributed by atoms with Crippen LogP contribution >= 0.6 is 23.4 Å². The van der Waals surface area contributed by atoms with Crippen LogP contribution in [0.15, 0.2) is 35.5 Å². The Hall–Kier alpha value is -2.26. The molecule has 2 N–H and O–H groups in total. The summed E-state index contributed by atoms with van der Waals surface area (Å²) in [5.74, 6) is -5.80. The second-order valence-electron chi connectivity index (χ2n) is 5.06. The minimum Gasteiger partial charge on any atom is -0.346 e. The van der Waals surface area contributed by atoms with E-state index in [2.05, 4.69) is 15.6 Å². The van der Waals surface area contributed by atoms with Gasteiger partial charge >= 0.3 is 0 Å². The number of amides is 2. The van der Waals surface area contributed by atoms with Gasteiger partial charge in [0.1, 0.15) is 0 Å². The minimum atomic E-state index is -1.69. The molecule has 2 aromatic rings. The molecular formula is C16H13ClF3N3O2S. The zero-order valence-electron chi connectivity index (χ0n) is 13.4. The lowest BCUT2D eigenvalue weighted by atomic mass is 10.2. The number of hydrogen-bond acceptors (Lipinski definition) is 4. The summed E-state index contributed by atoms with van der Waals surface area (Å²) < 4.78 is 39.4. The maximum absolute atomic E-state index is 13.5. The summed E-state index contributed by atoms with van der Waals surface area (Å²) in [7, 11) is 0. The molecule has 26 heavy (non-hydrogen) atoms. The molecule has 10 heteroatoms. The Morgan fingerprint density at radius 3 is 2.58 bits per heavy atom. The summed E-state index contributed by atoms with van der Waals surface area (Å²) in [5, 5.41) is 4.90. The number of nitrogens with one attached hydrogen (secondary N) is 2. The molecule has 0 aliphatic rings. The number of carbonyl (C=O) groups excluding carboxylic acids is 2. The summed E-state index contributed by atoms with van der Waals surface area (Å²) in [6.45, 7) is 1.15. The summed E-state index contributed by atoms with van der Waals surface area (Å²) in [6, 6.07) is 4.85. The van der Waals surface area contributed by atoms with Crippen LogP contribution in [-0.2, 0) is 9.59 Å². The van der Waals surface area contributed by atoms with Gasteiger partial charge in [-0.3, -0.25) is 9.59 Å². The number of aromatic nitrogens is 1. The van der Waals surface area contributed by atoms with Gasteiger partial charge in [0, 0.05) is 6.20 Å². The fraction of sp³-hybridized carbons (Fsp3) is 0.188. The van der Waals surface area contributed by atoms with E-state index in [1.54, 1.807) is 19.1 Å². The lowest BCUT2D eigenvalue weighted by molar-refractivity contribution is -0.123. The van der Waals surface area contributed by atoms with E-state index in [1.807, 2.05) is 0 Å². The second kappa shape index (κ2) is 8.91. The average molecular weight is 404 g/mol. The van der Waals surface area contributed by atoms with Gasteiger partial charge in [0.05, 0.1) is 27.5 Å². The molecule has 0 radical (unpaired) electrons. The molecule has 0 spiro atoms. The monoisotopic (exact) mass is 403 g/mol. The van der Waals surface area contributed by atoms with Crippen molar-refractivity contribution in [2.24, 2.45) is 0 Å². The van der Waals surface area contributed by atoms with E-state index in [9.17, 15) is 22.8 Å². The third-order valence-corrected chi connectivity index (χ3v) is 4.37. The van der Waals surface area contributed by atoms with Crippen molar-refractivity contribution in [3.63, 3.8) is 0 Å². The van der Waals surface area contributed by atoms with E-state index in [1.165, 1.54) is 6.20 Å². The molecule has 0 saturated carbocycles. The van der Waals surface area contributed by atoms with Crippen LogP contribution in [0.1, 0.15) is 6.92 Å². The van der Waals surface area contributed by atoms with E-state index in [4.69, 9.17) is 11.6 Å². The lowest BCUT2D eigenvalue weighted by Gasteiger charge is -2.12.